The lowest BCUT2D eigenvalue weighted by Crippen LogP contribution is -2.47. The molecule has 0 spiro atoms. The average Bonchev–Trinajstić information content (AvgIpc) is 2.24. The highest BCUT2D eigenvalue weighted by atomic mass is 16.6. The zero-order valence-electron chi connectivity index (χ0n) is 11.2. The molecular weight excluding hydrogens is 236 g/mol. The number of aliphatic carboxylic acids is 1. The van der Waals surface area contributed by atoms with Gasteiger partial charge >= 0.3 is 12.1 Å². The first-order chi connectivity index (χ1) is 8.28. The molecule has 2 unspecified atom stereocenters. The monoisotopic (exact) mass is 258 g/mol. The average molecular weight is 258 g/mol. The molecular formula is C12H22N2O4. The van der Waals surface area contributed by atoms with Crippen molar-refractivity contribution >= 4 is 12.1 Å². The molecule has 6 heteroatoms. The molecule has 6 nitrogen and oxygen atoms in total. The molecule has 1 amide bonds. The van der Waals surface area contributed by atoms with Gasteiger partial charge < -0.3 is 20.5 Å². The largest absolute Gasteiger partial charge is 0.480 e. The van der Waals surface area contributed by atoms with Crippen LogP contribution in [0.25, 0.3) is 0 Å². The minimum Gasteiger partial charge on any atom is -0.480 e. The van der Waals surface area contributed by atoms with E-state index in [-0.39, 0.29) is 5.92 Å². The number of rotatable bonds is 3. The Balaban J connectivity index is 2.22. The van der Waals surface area contributed by atoms with Gasteiger partial charge in [-0.3, -0.25) is 4.79 Å². The summed E-state index contributed by atoms with van der Waals surface area (Å²) in [6, 6.07) is -0.456. The highest BCUT2D eigenvalue weighted by Crippen LogP contribution is 2.14. The maximum Gasteiger partial charge on any atom is 0.407 e. The Morgan fingerprint density at radius 3 is 2.50 bits per heavy atom. The third kappa shape index (κ3) is 5.35. The number of amides is 1. The van der Waals surface area contributed by atoms with Gasteiger partial charge in [0.2, 0.25) is 0 Å². The fourth-order valence-corrected chi connectivity index (χ4v) is 1.84. The third-order valence-electron chi connectivity index (χ3n) is 2.75. The van der Waals surface area contributed by atoms with Crippen LogP contribution in [0.5, 0.6) is 0 Å². The van der Waals surface area contributed by atoms with Gasteiger partial charge in [-0.1, -0.05) is 0 Å². The molecule has 1 fully saturated rings. The maximum absolute atomic E-state index is 11.4. The van der Waals surface area contributed by atoms with Crippen LogP contribution in [0.4, 0.5) is 4.79 Å². The minimum atomic E-state index is -0.812. The summed E-state index contributed by atoms with van der Waals surface area (Å²) in [6.45, 7) is 6.55. The van der Waals surface area contributed by atoms with E-state index < -0.39 is 23.7 Å². The maximum atomic E-state index is 11.4. The van der Waals surface area contributed by atoms with E-state index >= 15 is 0 Å². The number of carboxylic acid groups (broad SMARTS) is 1. The lowest BCUT2D eigenvalue weighted by atomic mass is 9.95. The number of nitrogens with one attached hydrogen (secondary N) is 2. The highest BCUT2D eigenvalue weighted by molar-refractivity contribution is 5.73. The van der Waals surface area contributed by atoms with Crippen LogP contribution in [-0.2, 0) is 9.53 Å². The van der Waals surface area contributed by atoms with Gasteiger partial charge in [-0.2, -0.15) is 0 Å². The van der Waals surface area contributed by atoms with Crippen molar-refractivity contribution in [3.05, 3.63) is 0 Å². The molecule has 2 atom stereocenters. The number of carbonyl (C=O) groups excluding carboxylic acids is 1. The van der Waals surface area contributed by atoms with Gasteiger partial charge in [-0.05, 0) is 39.5 Å². The van der Waals surface area contributed by atoms with Crippen LogP contribution >= 0.6 is 0 Å². The number of hydrogen-bond acceptors (Lipinski definition) is 4. The number of carbonyl (C=O) groups is 2. The van der Waals surface area contributed by atoms with E-state index in [2.05, 4.69) is 10.6 Å². The smallest absolute Gasteiger partial charge is 0.407 e. The van der Waals surface area contributed by atoms with Crippen LogP contribution in [-0.4, -0.2) is 41.9 Å². The van der Waals surface area contributed by atoms with Gasteiger partial charge in [0.05, 0.1) is 0 Å². The molecule has 1 saturated heterocycles. The van der Waals surface area contributed by atoms with Gasteiger partial charge in [0.15, 0.2) is 0 Å². The number of ether oxygens (including phenoxy) is 1. The normalized spacial score (nSPS) is 24.4. The molecule has 104 valence electrons. The molecule has 1 heterocycles. The quantitative estimate of drug-likeness (QED) is 0.702. The first-order valence-corrected chi connectivity index (χ1v) is 6.21. The van der Waals surface area contributed by atoms with Gasteiger partial charge in [0, 0.05) is 13.1 Å². The standard InChI is InChI=1S/C12H22N2O4/c1-12(2,3)18-11(17)14-7-8-4-5-9(10(15)16)13-6-8/h8-9,13H,4-7H2,1-3H3,(H,14,17)(H,15,16). The SMILES string of the molecule is CC(C)(C)OC(=O)NCC1CCC(C(=O)O)NC1. The van der Waals surface area contributed by atoms with Gasteiger partial charge in [0.25, 0.3) is 0 Å². The summed E-state index contributed by atoms with van der Waals surface area (Å²) in [7, 11) is 0. The lowest BCUT2D eigenvalue weighted by molar-refractivity contribution is -0.140. The summed E-state index contributed by atoms with van der Waals surface area (Å²) in [5, 5.41) is 14.5. The molecule has 0 radical (unpaired) electrons. The van der Waals surface area contributed by atoms with Crippen molar-refractivity contribution in [2.75, 3.05) is 13.1 Å². The summed E-state index contributed by atoms with van der Waals surface area (Å²) in [4.78, 5) is 22.2. The lowest BCUT2D eigenvalue weighted by Gasteiger charge is -2.28. The molecule has 0 bridgehead atoms. The van der Waals surface area contributed by atoms with Crippen molar-refractivity contribution in [1.29, 1.82) is 0 Å². The Labute approximate surface area is 107 Å². The van der Waals surface area contributed by atoms with E-state index in [1.54, 1.807) is 0 Å². The molecule has 18 heavy (non-hydrogen) atoms. The second kappa shape index (κ2) is 6.04. The van der Waals surface area contributed by atoms with Crippen LogP contribution in [0.1, 0.15) is 33.6 Å². The summed E-state index contributed by atoms with van der Waals surface area (Å²) in [5.74, 6) is -0.554. The van der Waals surface area contributed by atoms with Crippen LogP contribution in [0.15, 0.2) is 0 Å². The van der Waals surface area contributed by atoms with Gasteiger partial charge in [-0.15, -0.1) is 0 Å². The summed E-state index contributed by atoms with van der Waals surface area (Å²) in [5.41, 5.74) is -0.497. The Hall–Kier alpha value is -1.30. The van der Waals surface area contributed by atoms with Crippen LogP contribution in [0.3, 0.4) is 0 Å². The minimum absolute atomic E-state index is 0.258. The van der Waals surface area contributed by atoms with Crippen molar-refractivity contribution < 1.29 is 19.4 Å². The topological polar surface area (TPSA) is 87.7 Å². The number of carboxylic acids is 1. The van der Waals surface area contributed by atoms with Crippen molar-refractivity contribution in [2.45, 2.75) is 45.3 Å². The van der Waals surface area contributed by atoms with Gasteiger partial charge in [0.1, 0.15) is 11.6 Å². The second-order valence-electron chi connectivity index (χ2n) is 5.63. The van der Waals surface area contributed by atoms with Crippen molar-refractivity contribution in [3.63, 3.8) is 0 Å². The molecule has 3 N–H and O–H groups in total. The zero-order valence-corrected chi connectivity index (χ0v) is 11.2. The summed E-state index contributed by atoms with van der Waals surface area (Å²) >= 11 is 0. The predicted molar refractivity (Wildman–Crippen MR) is 66.4 cm³/mol. The number of piperidine rings is 1. The second-order valence-corrected chi connectivity index (χ2v) is 5.63. The van der Waals surface area contributed by atoms with E-state index in [1.807, 2.05) is 20.8 Å². The van der Waals surface area contributed by atoms with Gasteiger partial charge in [-0.25, -0.2) is 4.79 Å². The van der Waals surface area contributed by atoms with Crippen molar-refractivity contribution in [2.24, 2.45) is 5.92 Å². The van der Waals surface area contributed by atoms with E-state index in [4.69, 9.17) is 9.84 Å². The Morgan fingerprint density at radius 1 is 1.39 bits per heavy atom. The molecule has 1 rings (SSSR count). The molecule has 1 aliphatic heterocycles. The Morgan fingerprint density at radius 2 is 2.06 bits per heavy atom. The van der Waals surface area contributed by atoms with Crippen molar-refractivity contribution in [1.82, 2.24) is 10.6 Å². The van der Waals surface area contributed by atoms with Crippen LogP contribution in [0.2, 0.25) is 0 Å². The number of alkyl carbamates (subject to hydrolysis) is 1. The molecule has 0 saturated carbocycles. The molecule has 0 aromatic rings. The molecule has 1 aliphatic rings. The first-order valence-electron chi connectivity index (χ1n) is 6.21. The number of hydrogen-bond donors (Lipinski definition) is 3. The van der Waals surface area contributed by atoms with Crippen LogP contribution < -0.4 is 10.6 Å². The van der Waals surface area contributed by atoms with E-state index in [1.165, 1.54) is 0 Å². The molecule has 0 aliphatic carbocycles. The van der Waals surface area contributed by atoms with Crippen LogP contribution in [0, 0.1) is 5.92 Å². The highest BCUT2D eigenvalue weighted by Gasteiger charge is 2.25. The first kappa shape index (κ1) is 14.8. The van der Waals surface area contributed by atoms with E-state index in [9.17, 15) is 9.59 Å². The fourth-order valence-electron chi connectivity index (χ4n) is 1.84. The fraction of sp³-hybridized carbons (Fsp3) is 0.833. The Kier molecular flexibility index (Phi) is 4.95. The van der Waals surface area contributed by atoms with E-state index in [0.29, 0.717) is 19.5 Å². The third-order valence-corrected chi connectivity index (χ3v) is 2.75. The Bertz CT molecular complexity index is 304. The zero-order chi connectivity index (χ0) is 13.8. The predicted octanol–water partition coefficient (Wildman–Crippen LogP) is 0.964. The van der Waals surface area contributed by atoms with E-state index in [0.717, 1.165) is 6.42 Å². The molecule has 0 aromatic heterocycles. The summed E-state index contributed by atoms with van der Waals surface area (Å²) < 4.78 is 5.12. The van der Waals surface area contributed by atoms with Crippen molar-refractivity contribution in [3.8, 4) is 0 Å². The summed E-state index contributed by atoms with van der Waals surface area (Å²) in [6.07, 6.45) is 0.957. The molecule has 0 aromatic carbocycles.